The molecule has 0 aliphatic rings. The van der Waals surface area contributed by atoms with Gasteiger partial charge < -0.3 is 0 Å². The van der Waals surface area contributed by atoms with Crippen LogP contribution in [0.3, 0.4) is 0 Å². The van der Waals surface area contributed by atoms with Crippen LogP contribution < -0.4 is 4.72 Å². The Morgan fingerprint density at radius 3 is 2.37 bits per heavy atom. The summed E-state index contributed by atoms with van der Waals surface area (Å²) in [5.74, 6) is 0. The van der Waals surface area contributed by atoms with Crippen molar-refractivity contribution in [2.45, 2.75) is 11.8 Å². The molecule has 0 aliphatic heterocycles. The first-order valence-electron chi connectivity index (χ1n) is 5.43. The van der Waals surface area contributed by atoms with Crippen molar-refractivity contribution < 1.29 is 8.42 Å². The van der Waals surface area contributed by atoms with Crippen molar-refractivity contribution in [1.29, 1.82) is 0 Å². The number of benzene rings is 2. The van der Waals surface area contributed by atoms with Crippen LogP contribution in [-0.4, -0.2) is 8.42 Å². The first-order valence-corrected chi connectivity index (χ1v) is 8.09. The van der Waals surface area contributed by atoms with Crippen LogP contribution >= 0.6 is 27.5 Å². The molecule has 0 aromatic heterocycles. The maximum atomic E-state index is 12.2. The van der Waals surface area contributed by atoms with E-state index in [2.05, 4.69) is 20.7 Å². The largest absolute Gasteiger partial charge is 0.279 e. The topological polar surface area (TPSA) is 46.2 Å². The third kappa shape index (κ3) is 3.29. The van der Waals surface area contributed by atoms with Gasteiger partial charge in [-0.3, -0.25) is 4.72 Å². The zero-order valence-electron chi connectivity index (χ0n) is 10.0. The van der Waals surface area contributed by atoms with E-state index in [-0.39, 0.29) is 4.90 Å². The van der Waals surface area contributed by atoms with E-state index in [1.165, 1.54) is 12.1 Å². The Labute approximate surface area is 125 Å². The van der Waals surface area contributed by atoms with Crippen molar-refractivity contribution in [2.75, 3.05) is 4.72 Å². The summed E-state index contributed by atoms with van der Waals surface area (Å²) >= 11 is 9.24. The van der Waals surface area contributed by atoms with Crippen molar-refractivity contribution in [3.8, 4) is 0 Å². The predicted molar refractivity (Wildman–Crippen MR) is 81.1 cm³/mol. The van der Waals surface area contributed by atoms with Crippen molar-refractivity contribution in [1.82, 2.24) is 0 Å². The highest BCUT2D eigenvalue weighted by molar-refractivity contribution is 9.10. The van der Waals surface area contributed by atoms with E-state index in [0.29, 0.717) is 16.3 Å². The van der Waals surface area contributed by atoms with E-state index in [9.17, 15) is 8.42 Å². The summed E-state index contributed by atoms with van der Waals surface area (Å²) in [4.78, 5) is 0.204. The molecule has 2 aromatic rings. The van der Waals surface area contributed by atoms with E-state index in [4.69, 9.17) is 11.6 Å². The average molecular weight is 361 g/mol. The number of hydrogen-bond donors (Lipinski definition) is 1. The average Bonchev–Trinajstić information content (AvgIpc) is 2.35. The molecule has 19 heavy (non-hydrogen) atoms. The van der Waals surface area contributed by atoms with Gasteiger partial charge in [0.1, 0.15) is 0 Å². The summed E-state index contributed by atoms with van der Waals surface area (Å²) in [5, 5.41) is 0.524. The molecule has 0 fully saturated rings. The minimum atomic E-state index is -3.60. The number of rotatable bonds is 3. The Morgan fingerprint density at radius 1 is 1.11 bits per heavy atom. The van der Waals surface area contributed by atoms with Crippen LogP contribution in [0.25, 0.3) is 0 Å². The summed E-state index contributed by atoms with van der Waals surface area (Å²) in [6.07, 6.45) is 0. The van der Waals surface area contributed by atoms with Crippen molar-refractivity contribution in [3.05, 3.63) is 57.5 Å². The lowest BCUT2D eigenvalue weighted by Gasteiger charge is -2.11. The third-order valence-corrected chi connectivity index (χ3v) is 4.96. The molecule has 0 spiro atoms. The number of hydrogen-bond acceptors (Lipinski definition) is 2. The number of halogens is 2. The Hall–Kier alpha value is -1.04. The maximum absolute atomic E-state index is 12.2. The molecule has 0 unspecified atom stereocenters. The summed E-state index contributed by atoms with van der Waals surface area (Å²) < 4.78 is 27.8. The van der Waals surface area contributed by atoms with Gasteiger partial charge in [0.05, 0.1) is 10.6 Å². The van der Waals surface area contributed by atoms with Crippen LogP contribution in [0.4, 0.5) is 5.69 Å². The Balaban J connectivity index is 2.36. The van der Waals surface area contributed by atoms with Crippen molar-refractivity contribution in [2.24, 2.45) is 0 Å². The Morgan fingerprint density at radius 2 is 1.74 bits per heavy atom. The summed E-state index contributed by atoms with van der Waals surface area (Å²) in [7, 11) is -3.60. The first kappa shape index (κ1) is 14.4. The molecule has 0 radical (unpaired) electrons. The number of sulfonamides is 1. The highest BCUT2D eigenvalue weighted by atomic mass is 79.9. The summed E-state index contributed by atoms with van der Waals surface area (Å²) in [5.41, 5.74) is 1.18. The van der Waals surface area contributed by atoms with Gasteiger partial charge in [-0.15, -0.1) is 0 Å². The highest BCUT2D eigenvalue weighted by Gasteiger charge is 2.15. The monoisotopic (exact) mass is 359 g/mol. The smallest absolute Gasteiger partial charge is 0.261 e. The molecule has 0 saturated heterocycles. The normalized spacial score (nSPS) is 11.3. The second kappa shape index (κ2) is 5.53. The Bertz CT molecular complexity index is 699. The van der Waals surface area contributed by atoms with Gasteiger partial charge in [-0.25, -0.2) is 8.42 Å². The SMILES string of the molecule is Cc1c(Cl)cccc1NS(=O)(=O)c1ccc(Br)cc1. The molecule has 0 amide bonds. The number of anilines is 1. The molecule has 2 rings (SSSR count). The maximum Gasteiger partial charge on any atom is 0.261 e. The molecule has 0 bridgehead atoms. The van der Waals surface area contributed by atoms with Crippen LogP contribution in [-0.2, 0) is 10.0 Å². The molecule has 1 N–H and O–H groups in total. The molecular formula is C13H11BrClNO2S. The first-order chi connectivity index (χ1) is 8.90. The molecule has 2 aromatic carbocycles. The van der Waals surface area contributed by atoms with Crippen LogP contribution in [0.5, 0.6) is 0 Å². The van der Waals surface area contributed by atoms with Gasteiger partial charge >= 0.3 is 0 Å². The standard InChI is InChI=1S/C13H11BrClNO2S/c1-9-12(15)3-2-4-13(9)16-19(17,18)11-7-5-10(14)6-8-11/h2-8,16H,1H3. The van der Waals surface area contributed by atoms with Crippen LogP contribution in [0, 0.1) is 6.92 Å². The van der Waals surface area contributed by atoms with Crippen molar-refractivity contribution >= 4 is 43.2 Å². The lowest BCUT2D eigenvalue weighted by molar-refractivity contribution is 0.601. The fourth-order valence-electron chi connectivity index (χ4n) is 1.54. The lowest BCUT2D eigenvalue weighted by Crippen LogP contribution is -2.13. The number of nitrogens with one attached hydrogen (secondary N) is 1. The fourth-order valence-corrected chi connectivity index (χ4v) is 3.10. The molecule has 6 heteroatoms. The van der Waals surface area contributed by atoms with E-state index >= 15 is 0 Å². The van der Waals surface area contributed by atoms with Gasteiger partial charge in [0, 0.05) is 9.50 Å². The molecule has 3 nitrogen and oxygen atoms in total. The van der Waals surface area contributed by atoms with E-state index in [1.54, 1.807) is 37.3 Å². The van der Waals surface area contributed by atoms with Crippen LogP contribution in [0.15, 0.2) is 51.8 Å². The minimum absolute atomic E-state index is 0.204. The highest BCUT2D eigenvalue weighted by Crippen LogP contribution is 2.25. The van der Waals surface area contributed by atoms with Crippen LogP contribution in [0.2, 0.25) is 5.02 Å². The van der Waals surface area contributed by atoms with Gasteiger partial charge in [-0.1, -0.05) is 33.6 Å². The third-order valence-electron chi connectivity index (χ3n) is 2.64. The van der Waals surface area contributed by atoms with Crippen LogP contribution in [0.1, 0.15) is 5.56 Å². The molecular weight excluding hydrogens is 350 g/mol. The van der Waals surface area contributed by atoms with E-state index in [1.807, 2.05) is 0 Å². The van der Waals surface area contributed by atoms with Crippen molar-refractivity contribution in [3.63, 3.8) is 0 Å². The molecule has 0 saturated carbocycles. The van der Waals surface area contributed by atoms with Gasteiger partial charge in [-0.05, 0) is 48.9 Å². The fraction of sp³-hybridized carbons (Fsp3) is 0.0769. The molecule has 0 heterocycles. The molecule has 100 valence electrons. The minimum Gasteiger partial charge on any atom is -0.279 e. The second-order valence-corrected chi connectivity index (χ2v) is 6.98. The van der Waals surface area contributed by atoms with E-state index < -0.39 is 10.0 Å². The molecule has 0 atom stereocenters. The van der Waals surface area contributed by atoms with Gasteiger partial charge in [0.25, 0.3) is 10.0 Å². The van der Waals surface area contributed by atoms with Gasteiger partial charge in [0.15, 0.2) is 0 Å². The Kier molecular flexibility index (Phi) is 4.18. The zero-order valence-corrected chi connectivity index (χ0v) is 13.2. The van der Waals surface area contributed by atoms with Gasteiger partial charge in [0.2, 0.25) is 0 Å². The predicted octanol–water partition coefficient (Wildman–Crippen LogP) is 4.21. The zero-order chi connectivity index (χ0) is 14.0. The summed E-state index contributed by atoms with van der Waals surface area (Å²) in [6.45, 7) is 1.77. The van der Waals surface area contributed by atoms with Gasteiger partial charge in [-0.2, -0.15) is 0 Å². The molecule has 0 aliphatic carbocycles. The lowest BCUT2D eigenvalue weighted by atomic mass is 10.2. The van der Waals surface area contributed by atoms with E-state index in [0.717, 1.165) is 4.47 Å². The quantitative estimate of drug-likeness (QED) is 0.891. The summed E-state index contributed by atoms with van der Waals surface area (Å²) in [6, 6.07) is 11.5. The second-order valence-electron chi connectivity index (χ2n) is 3.97.